The molecule has 2 nitrogen and oxygen atoms in total. The van der Waals surface area contributed by atoms with Gasteiger partial charge in [0.15, 0.2) is 0 Å². The summed E-state index contributed by atoms with van der Waals surface area (Å²) in [5.74, 6) is 1.63. The van der Waals surface area contributed by atoms with E-state index in [0.717, 1.165) is 37.5 Å². The lowest BCUT2D eigenvalue weighted by Gasteiger charge is -2.57. The SMILES string of the molecule is CCC(=CC#N)CCC1CCCC23CC12CCC1CC(O)CCC13C. The van der Waals surface area contributed by atoms with Crippen molar-refractivity contribution in [1.82, 2.24) is 0 Å². The zero-order chi connectivity index (χ0) is 17.7. The summed E-state index contributed by atoms with van der Waals surface area (Å²) >= 11 is 0. The lowest BCUT2D eigenvalue weighted by atomic mass is 9.47. The van der Waals surface area contributed by atoms with Crippen molar-refractivity contribution in [3.63, 3.8) is 0 Å². The number of aliphatic hydroxyl groups is 1. The molecule has 0 amide bonds. The summed E-state index contributed by atoms with van der Waals surface area (Å²) in [7, 11) is 0. The van der Waals surface area contributed by atoms with Crippen LogP contribution in [0, 0.1) is 39.4 Å². The second-order valence-electron chi connectivity index (χ2n) is 9.91. The van der Waals surface area contributed by atoms with E-state index in [1.165, 1.54) is 56.9 Å². The summed E-state index contributed by atoms with van der Waals surface area (Å²) in [6.45, 7) is 4.78. The number of rotatable bonds is 4. The van der Waals surface area contributed by atoms with Crippen LogP contribution in [0.2, 0.25) is 0 Å². The Morgan fingerprint density at radius 3 is 2.84 bits per heavy atom. The molecule has 0 aliphatic heterocycles. The van der Waals surface area contributed by atoms with Gasteiger partial charge in [-0.15, -0.1) is 0 Å². The molecule has 0 aromatic heterocycles. The number of hydrogen-bond acceptors (Lipinski definition) is 2. The van der Waals surface area contributed by atoms with Gasteiger partial charge in [-0.05, 0) is 98.7 Å². The van der Waals surface area contributed by atoms with E-state index in [4.69, 9.17) is 5.26 Å². The first-order chi connectivity index (χ1) is 12.0. The van der Waals surface area contributed by atoms with Crippen molar-refractivity contribution in [3.8, 4) is 6.07 Å². The highest BCUT2D eigenvalue weighted by Gasteiger charge is 2.79. The highest BCUT2D eigenvalue weighted by atomic mass is 16.3. The van der Waals surface area contributed by atoms with Crippen molar-refractivity contribution >= 4 is 0 Å². The number of aliphatic hydroxyl groups excluding tert-OH is 1. The first-order valence-corrected chi connectivity index (χ1v) is 10.8. The second kappa shape index (κ2) is 6.12. The van der Waals surface area contributed by atoms with Crippen LogP contribution in [-0.2, 0) is 0 Å². The first kappa shape index (κ1) is 17.6. The Labute approximate surface area is 153 Å². The summed E-state index contributed by atoms with van der Waals surface area (Å²) in [5.41, 5.74) is 3.04. The van der Waals surface area contributed by atoms with Crippen molar-refractivity contribution in [2.75, 3.05) is 0 Å². The highest BCUT2D eigenvalue weighted by molar-refractivity contribution is 5.28. The Bertz CT molecular complexity index is 604. The molecule has 0 aromatic rings. The molecule has 4 saturated carbocycles. The average molecular weight is 342 g/mol. The molecule has 4 rings (SSSR count). The number of allylic oxidation sites excluding steroid dienone is 2. The Morgan fingerprint density at radius 1 is 1.24 bits per heavy atom. The number of hydrogen-bond donors (Lipinski definition) is 1. The first-order valence-electron chi connectivity index (χ1n) is 10.8. The van der Waals surface area contributed by atoms with Gasteiger partial charge < -0.3 is 5.11 Å². The minimum atomic E-state index is -0.0386. The van der Waals surface area contributed by atoms with Crippen LogP contribution in [0.3, 0.4) is 0 Å². The zero-order valence-electron chi connectivity index (χ0n) is 16.2. The van der Waals surface area contributed by atoms with Gasteiger partial charge >= 0.3 is 0 Å². The molecule has 0 bridgehead atoms. The van der Waals surface area contributed by atoms with E-state index in [1.807, 2.05) is 0 Å². The fourth-order valence-corrected chi connectivity index (χ4v) is 7.98. The van der Waals surface area contributed by atoms with Gasteiger partial charge in [0.25, 0.3) is 0 Å². The minimum absolute atomic E-state index is 0.0386. The van der Waals surface area contributed by atoms with Crippen LogP contribution < -0.4 is 0 Å². The van der Waals surface area contributed by atoms with E-state index in [0.29, 0.717) is 16.2 Å². The molecule has 2 heteroatoms. The predicted octanol–water partition coefficient (Wildman–Crippen LogP) is 5.76. The molecule has 0 heterocycles. The maximum atomic E-state index is 10.2. The van der Waals surface area contributed by atoms with Crippen molar-refractivity contribution in [3.05, 3.63) is 11.6 Å². The maximum Gasteiger partial charge on any atom is 0.0911 e. The largest absolute Gasteiger partial charge is 0.393 e. The summed E-state index contributed by atoms with van der Waals surface area (Å²) in [6.07, 6.45) is 17.0. The molecule has 6 unspecified atom stereocenters. The quantitative estimate of drug-likeness (QED) is 0.660. The molecule has 6 atom stereocenters. The van der Waals surface area contributed by atoms with Crippen LogP contribution in [0.4, 0.5) is 0 Å². The maximum absolute atomic E-state index is 10.2. The fraction of sp³-hybridized carbons (Fsp3) is 0.870. The summed E-state index contributed by atoms with van der Waals surface area (Å²) < 4.78 is 0. The molecule has 138 valence electrons. The Kier molecular flexibility index (Phi) is 4.31. The van der Waals surface area contributed by atoms with Crippen molar-refractivity contribution in [2.24, 2.45) is 28.1 Å². The van der Waals surface area contributed by atoms with Gasteiger partial charge in [-0.2, -0.15) is 5.26 Å². The molecule has 1 N–H and O–H groups in total. The van der Waals surface area contributed by atoms with Crippen LogP contribution >= 0.6 is 0 Å². The van der Waals surface area contributed by atoms with Gasteiger partial charge in [-0.25, -0.2) is 0 Å². The molecular formula is C23H35NO. The molecule has 0 saturated heterocycles. The average Bonchev–Trinajstić information content (AvgIpc) is 3.32. The molecule has 0 radical (unpaired) electrons. The Balaban J connectivity index is 1.54. The fourth-order valence-electron chi connectivity index (χ4n) is 7.98. The van der Waals surface area contributed by atoms with Gasteiger partial charge in [-0.3, -0.25) is 0 Å². The summed E-state index contributed by atoms with van der Waals surface area (Å²) in [6, 6.07) is 2.24. The number of nitrogens with zero attached hydrogens (tertiary/aromatic N) is 1. The van der Waals surface area contributed by atoms with Crippen molar-refractivity contribution in [2.45, 2.75) is 97.0 Å². The molecule has 4 aliphatic rings. The molecule has 0 aromatic carbocycles. The van der Waals surface area contributed by atoms with Gasteiger partial charge in [0.2, 0.25) is 0 Å². The Hall–Kier alpha value is -0.810. The standard InChI is InChI=1S/C23H35NO/c1-3-17(10-14-24)6-7-18-5-4-11-23-16-22(18,23)13-8-19-15-20(25)9-12-21(19,23)2/h10,18-20,25H,3-9,11-13,15-16H2,1-2H3. The molecule has 4 fully saturated rings. The third-order valence-corrected chi connectivity index (χ3v) is 9.41. The van der Waals surface area contributed by atoms with E-state index in [2.05, 4.69) is 19.9 Å². The predicted molar refractivity (Wildman–Crippen MR) is 101 cm³/mol. The monoisotopic (exact) mass is 341 g/mol. The molecular weight excluding hydrogens is 306 g/mol. The van der Waals surface area contributed by atoms with Crippen LogP contribution in [0.5, 0.6) is 0 Å². The smallest absolute Gasteiger partial charge is 0.0911 e. The molecule has 0 spiro atoms. The van der Waals surface area contributed by atoms with E-state index < -0.39 is 0 Å². The second-order valence-corrected chi connectivity index (χ2v) is 9.91. The van der Waals surface area contributed by atoms with Crippen LogP contribution in [-0.4, -0.2) is 11.2 Å². The topological polar surface area (TPSA) is 44.0 Å². The molecule has 25 heavy (non-hydrogen) atoms. The van der Waals surface area contributed by atoms with Gasteiger partial charge in [0, 0.05) is 6.08 Å². The normalized spacial score (nSPS) is 48.7. The van der Waals surface area contributed by atoms with Gasteiger partial charge in [0.05, 0.1) is 12.2 Å². The summed E-state index contributed by atoms with van der Waals surface area (Å²) in [5, 5.41) is 19.2. The lowest BCUT2D eigenvalue weighted by molar-refractivity contribution is -0.102. The van der Waals surface area contributed by atoms with E-state index >= 15 is 0 Å². The van der Waals surface area contributed by atoms with E-state index in [9.17, 15) is 5.11 Å². The highest BCUT2D eigenvalue weighted by Crippen LogP contribution is 2.86. The third kappa shape index (κ3) is 2.38. The number of nitriles is 1. The lowest BCUT2D eigenvalue weighted by Crippen LogP contribution is -2.50. The van der Waals surface area contributed by atoms with Crippen LogP contribution in [0.15, 0.2) is 11.6 Å². The minimum Gasteiger partial charge on any atom is -0.393 e. The molecule has 4 aliphatic carbocycles. The van der Waals surface area contributed by atoms with Crippen molar-refractivity contribution < 1.29 is 5.11 Å². The van der Waals surface area contributed by atoms with Crippen LogP contribution in [0.1, 0.15) is 90.9 Å². The third-order valence-electron chi connectivity index (χ3n) is 9.41. The van der Waals surface area contributed by atoms with Crippen molar-refractivity contribution in [1.29, 1.82) is 5.26 Å². The number of fused-ring (bicyclic) bond motifs is 1. The van der Waals surface area contributed by atoms with Gasteiger partial charge in [0.1, 0.15) is 0 Å². The summed E-state index contributed by atoms with van der Waals surface area (Å²) in [4.78, 5) is 0. The van der Waals surface area contributed by atoms with E-state index in [1.54, 1.807) is 6.08 Å². The van der Waals surface area contributed by atoms with E-state index in [-0.39, 0.29) is 6.10 Å². The Morgan fingerprint density at radius 2 is 2.08 bits per heavy atom. The van der Waals surface area contributed by atoms with Crippen LogP contribution in [0.25, 0.3) is 0 Å². The zero-order valence-corrected chi connectivity index (χ0v) is 16.2. The van der Waals surface area contributed by atoms with Gasteiger partial charge in [-0.1, -0.05) is 25.8 Å².